The zero-order chi connectivity index (χ0) is 19.4. The SMILES string of the molecule is CCCNC(=O)C1CCCN(S(=O)(=O)c2cc(-c3noc(CC)n3)cs2)C1. The number of hydrogen-bond donors (Lipinski definition) is 1. The third-order valence-electron chi connectivity index (χ3n) is 4.50. The van der Waals surface area contributed by atoms with Gasteiger partial charge in [0.05, 0.1) is 5.92 Å². The van der Waals surface area contributed by atoms with Crippen LogP contribution >= 0.6 is 11.3 Å². The molecule has 1 unspecified atom stereocenters. The van der Waals surface area contributed by atoms with Crippen LogP contribution in [0.4, 0.5) is 0 Å². The van der Waals surface area contributed by atoms with Crippen LogP contribution in [0, 0.1) is 5.92 Å². The first-order valence-corrected chi connectivity index (χ1v) is 11.5. The van der Waals surface area contributed by atoms with E-state index < -0.39 is 10.0 Å². The minimum absolute atomic E-state index is 0.0671. The number of hydrogen-bond acceptors (Lipinski definition) is 7. The van der Waals surface area contributed by atoms with Gasteiger partial charge in [0.2, 0.25) is 17.6 Å². The fourth-order valence-corrected chi connectivity index (χ4v) is 5.81. The number of nitrogens with one attached hydrogen (secondary N) is 1. The first-order valence-electron chi connectivity index (χ1n) is 9.15. The molecule has 3 rings (SSSR count). The molecule has 1 saturated heterocycles. The molecule has 3 heterocycles. The van der Waals surface area contributed by atoms with Crippen LogP contribution in [-0.4, -0.2) is 48.4 Å². The highest BCUT2D eigenvalue weighted by atomic mass is 32.2. The first-order chi connectivity index (χ1) is 13.0. The van der Waals surface area contributed by atoms with Crippen molar-refractivity contribution in [3.63, 3.8) is 0 Å². The summed E-state index contributed by atoms with van der Waals surface area (Å²) in [6.07, 6.45) is 2.86. The highest BCUT2D eigenvalue weighted by Crippen LogP contribution is 2.31. The number of nitrogens with zero attached hydrogens (tertiary/aromatic N) is 3. The van der Waals surface area contributed by atoms with Crippen LogP contribution in [0.5, 0.6) is 0 Å². The summed E-state index contributed by atoms with van der Waals surface area (Å²) in [5.74, 6) is 0.531. The molecule has 148 valence electrons. The molecule has 1 aliphatic rings. The fourth-order valence-electron chi connectivity index (χ4n) is 2.98. The fraction of sp³-hybridized carbons (Fsp3) is 0.588. The summed E-state index contributed by atoms with van der Waals surface area (Å²) in [4.78, 5) is 16.5. The van der Waals surface area contributed by atoms with Crippen molar-refractivity contribution >= 4 is 27.3 Å². The standard InChI is InChI=1S/C17H24N4O4S2/c1-3-7-18-17(22)12-6-5-8-21(10-12)27(23,24)15-9-13(11-26-15)16-19-14(4-2)25-20-16/h9,11-12H,3-8,10H2,1-2H3,(H,18,22). The number of carbonyl (C=O) groups excluding carboxylic acids is 1. The van der Waals surface area contributed by atoms with Gasteiger partial charge in [-0.2, -0.15) is 9.29 Å². The van der Waals surface area contributed by atoms with Crippen LogP contribution < -0.4 is 5.32 Å². The number of aromatic nitrogens is 2. The largest absolute Gasteiger partial charge is 0.356 e. The van der Waals surface area contributed by atoms with E-state index in [4.69, 9.17) is 4.52 Å². The molecule has 0 spiro atoms. The molecule has 0 bridgehead atoms. The quantitative estimate of drug-likeness (QED) is 0.748. The maximum Gasteiger partial charge on any atom is 0.252 e. The molecular weight excluding hydrogens is 388 g/mol. The van der Waals surface area contributed by atoms with Gasteiger partial charge in [-0.25, -0.2) is 8.42 Å². The Morgan fingerprint density at radius 1 is 1.44 bits per heavy atom. The van der Waals surface area contributed by atoms with Gasteiger partial charge >= 0.3 is 0 Å². The number of piperidine rings is 1. The molecular formula is C17H24N4O4S2. The number of thiophene rings is 1. The van der Waals surface area contributed by atoms with Gasteiger partial charge in [-0.05, 0) is 25.3 Å². The second-order valence-electron chi connectivity index (χ2n) is 6.51. The zero-order valence-corrected chi connectivity index (χ0v) is 17.1. The Morgan fingerprint density at radius 2 is 2.26 bits per heavy atom. The van der Waals surface area contributed by atoms with Crippen LogP contribution in [0.3, 0.4) is 0 Å². The Labute approximate surface area is 163 Å². The average Bonchev–Trinajstić information content (AvgIpc) is 3.35. The first kappa shape index (κ1) is 20.0. The second-order valence-corrected chi connectivity index (χ2v) is 9.59. The predicted molar refractivity (Wildman–Crippen MR) is 102 cm³/mol. The van der Waals surface area contributed by atoms with E-state index in [2.05, 4.69) is 15.5 Å². The van der Waals surface area contributed by atoms with Gasteiger partial charge in [-0.1, -0.05) is 19.0 Å². The normalized spacial score (nSPS) is 18.5. The Morgan fingerprint density at radius 3 is 2.96 bits per heavy atom. The van der Waals surface area contributed by atoms with E-state index in [0.717, 1.165) is 17.8 Å². The number of amides is 1. The summed E-state index contributed by atoms with van der Waals surface area (Å²) >= 11 is 1.13. The van der Waals surface area contributed by atoms with Crippen molar-refractivity contribution in [1.82, 2.24) is 19.8 Å². The lowest BCUT2D eigenvalue weighted by Crippen LogP contribution is -2.45. The van der Waals surface area contributed by atoms with Gasteiger partial charge in [0.1, 0.15) is 4.21 Å². The van der Waals surface area contributed by atoms with E-state index in [0.29, 0.717) is 49.6 Å². The molecule has 8 nitrogen and oxygen atoms in total. The Balaban J connectivity index is 1.75. The Kier molecular flexibility index (Phi) is 6.28. The number of aryl methyl sites for hydroxylation is 1. The topological polar surface area (TPSA) is 105 Å². The number of rotatable bonds is 7. The molecule has 1 N–H and O–H groups in total. The van der Waals surface area contributed by atoms with Gasteiger partial charge in [-0.15, -0.1) is 11.3 Å². The van der Waals surface area contributed by atoms with Gasteiger partial charge in [0, 0.05) is 37.0 Å². The van der Waals surface area contributed by atoms with Crippen molar-refractivity contribution in [2.24, 2.45) is 5.92 Å². The van der Waals surface area contributed by atoms with Crippen molar-refractivity contribution in [3.8, 4) is 11.4 Å². The van der Waals surface area contributed by atoms with E-state index >= 15 is 0 Å². The van der Waals surface area contributed by atoms with Crippen molar-refractivity contribution in [3.05, 3.63) is 17.3 Å². The molecule has 0 aliphatic carbocycles. The van der Waals surface area contributed by atoms with E-state index in [1.807, 2.05) is 13.8 Å². The minimum atomic E-state index is -3.65. The molecule has 2 aromatic rings. The third-order valence-corrected chi connectivity index (χ3v) is 7.78. The monoisotopic (exact) mass is 412 g/mol. The number of sulfonamides is 1. The second kappa shape index (κ2) is 8.49. The molecule has 0 radical (unpaired) electrons. The molecule has 0 aromatic carbocycles. The van der Waals surface area contributed by atoms with Gasteiger partial charge < -0.3 is 9.84 Å². The summed E-state index contributed by atoms with van der Waals surface area (Å²) in [6.45, 7) is 5.15. The minimum Gasteiger partial charge on any atom is -0.356 e. The van der Waals surface area contributed by atoms with Crippen LogP contribution in [-0.2, 0) is 21.2 Å². The lowest BCUT2D eigenvalue weighted by atomic mass is 9.99. The molecule has 2 aromatic heterocycles. The molecule has 1 amide bonds. The van der Waals surface area contributed by atoms with Crippen molar-refractivity contribution in [2.45, 2.75) is 43.7 Å². The maximum atomic E-state index is 13.0. The van der Waals surface area contributed by atoms with E-state index in [-0.39, 0.29) is 22.6 Å². The molecule has 1 fully saturated rings. The lowest BCUT2D eigenvalue weighted by Gasteiger charge is -2.30. The van der Waals surface area contributed by atoms with Crippen molar-refractivity contribution < 1.29 is 17.7 Å². The van der Waals surface area contributed by atoms with Gasteiger partial charge in [0.25, 0.3) is 10.0 Å². The highest BCUT2D eigenvalue weighted by Gasteiger charge is 2.34. The van der Waals surface area contributed by atoms with Crippen LogP contribution in [0.15, 0.2) is 20.2 Å². The number of carbonyl (C=O) groups is 1. The van der Waals surface area contributed by atoms with Gasteiger partial charge in [0.15, 0.2) is 0 Å². The zero-order valence-electron chi connectivity index (χ0n) is 15.5. The summed E-state index contributed by atoms with van der Waals surface area (Å²) in [6, 6.07) is 1.57. The summed E-state index contributed by atoms with van der Waals surface area (Å²) in [7, 11) is -3.65. The Hall–Kier alpha value is -1.78. The highest BCUT2D eigenvalue weighted by molar-refractivity contribution is 7.91. The van der Waals surface area contributed by atoms with E-state index in [1.165, 1.54) is 4.31 Å². The van der Waals surface area contributed by atoms with Crippen LogP contribution in [0.25, 0.3) is 11.4 Å². The summed E-state index contributed by atoms with van der Waals surface area (Å²) < 4.78 is 32.8. The Bertz CT molecular complexity index is 890. The molecule has 0 saturated carbocycles. The molecule has 1 atom stereocenters. The van der Waals surface area contributed by atoms with Gasteiger partial charge in [-0.3, -0.25) is 4.79 Å². The average molecular weight is 413 g/mol. The predicted octanol–water partition coefficient (Wildman–Crippen LogP) is 2.29. The molecule has 10 heteroatoms. The molecule has 1 aliphatic heterocycles. The van der Waals surface area contributed by atoms with E-state index in [1.54, 1.807) is 11.4 Å². The van der Waals surface area contributed by atoms with Crippen LogP contribution in [0.2, 0.25) is 0 Å². The third kappa shape index (κ3) is 4.39. The van der Waals surface area contributed by atoms with E-state index in [9.17, 15) is 13.2 Å². The van der Waals surface area contributed by atoms with Crippen molar-refractivity contribution in [2.75, 3.05) is 19.6 Å². The van der Waals surface area contributed by atoms with Crippen LogP contribution in [0.1, 0.15) is 39.0 Å². The maximum absolute atomic E-state index is 13.0. The van der Waals surface area contributed by atoms with Crippen molar-refractivity contribution in [1.29, 1.82) is 0 Å². The lowest BCUT2D eigenvalue weighted by molar-refractivity contribution is -0.126. The summed E-state index contributed by atoms with van der Waals surface area (Å²) in [5.41, 5.74) is 0.622. The summed E-state index contributed by atoms with van der Waals surface area (Å²) in [5, 5.41) is 8.47. The smallest absolute Gasteiger partial charge is 0.252 e. The molecule has 27 heavy (non-hydrogen) atoms.